The van der Waals surface area contributed by atoms with E-state index < -0.39 is 0 Å². The molecule has 0 bridgehead atoms. The van der Waals surface area contributed by atoms with Gasteiger partial charge in [-0.15, -0.1) is 0 Å². The van der Waals surface area contributed by atoms with Gasteiger partial charge in [0.25, 0.3) is 0 Å². The molecule has 0 unspecified atom stereocenters. The number of rotatable bonds is 6. The molecule has 0 aliphatic carbocycles. The first-order chi connectivity index (χ1) is 27.7. The summed E-state index contributed by atoms with van der Waals surface area (Å²) in [5.41, 5.74) is 14.8. The van der Waals surface area contributed by atoms with Crippen LogP contribution in [-0.4, -0.2) is 15.0 Å². The SMILES string of the molecule is c1cncc(-c2ccc(-c3nc(-c4ccc(-c5ccc6c(c5)oc5ccccc56)cc4)cc(-c4ccc(-c5ccc6oc7ccccc7c6c5)cc4)n3)cc2)c1. The molecule has 0 saturated carbocycles. The van der Waals surface area contributed by atoms with Crippen molar-refractivity contribution in [1.82, 2.24) is 15.0 Å². The first-order valence-electron chi connectivity index (χ1n) is 18.6. The molecule has 11 rings (SSSR count). The molecule has 0 N–H and O–H groups in total. The Morgan fingerprint density at radius 1 is 0.304 bits per heavy atom. The number of para-hydroxylation sites is 2. The van der Waals surface area contributed by atoms with E-state index in [9.17, 15) is 0 Å². The van der Waals surface area contributed by atoms with Crippen molar-refractivity contribution in [3.8, 4) is 67.3 Å². The highest BCUT2D eigenvalue weighted by atomic mass is 16.3. The monoisotopic (exact) mass is 717 g/mol. The van der Waals surface area contributed by atoms with Gasteiger partial charge in [0.2, 0.25) is 0 Å². The third kappa shape index (κ3) is 5.62. The Morgan fingerprint density at radius 2 is 0.786 bits per heavy atom. The molecular weight excluding hydrogens is 687 g/mol. The average Bonchev–Trinajstić information content (AvgIpc) is 3.84. The normalized spacial score (nSPS) is 11.6. The second-order valence-electron chi connectivity index (χ2n) is 14.1. The predicted molar refractivity (Wildman–Crippen MR) is 227 cm³/mol. The summed E-state index contributed by atoms with van der Waals surface area (Å²) in [5, 5.41) is 4.49. The van der Waals surface area contributed by atoms with Gasteiger partial charge < -0.3 is 8.83 Å². The van der Waals surface area contributed by atoms with Crippen molar-refractivity contribution in [2.24, 2.45) is 0 Å². The number of aromatic nitrogens is 3. The fraction of sp³-hybridized carbons (Fsp3) is 0. The molecule has 5 heteroatoms. The molecular formula is C51H31N3O2. The molecule has 56 heavy (non-hydrogen) atoms. The number of pyridine rings is 1. The Labute approximate surface area is 322 Å². The van der Waals surface area contributed by atoms with Gasteiger partial charge in [0, 0.05) is 50.6 Å². The maximum Gasteiger partial charge on any atom is 0.160 e. The Hall–Kier alpha value is -7.63. The van der Waals surface area contributed by atoms with E-state index in [1.54, 1.807) is 6.20 Å². The van der Waals surface area contributed by atoms with E-state index in [-0.39, 0.29) is 0 Å². The molecule has 262 valence electrons. The van der Waals surface area contributed by atoms with Gasteiger partial charge in [-0.2, -0.15) is 0 Å². The van der Waals surface area contributed by atoms with Crippen molar-refractivity contribution < 1.29 is 8.83 Å². The van der Waals surface area contributed by atoms with Gasteiger partial charge in [-0.25, -0.2) is 9.97 Å². The van der Waals surface area contributed by atoms with E-state index in [4.69, 9.17) is 18.8 Å². The Morgan fingerprint density at radius 3 is 1.43 bits per heavy atom. The van der Waals surface area contributed by atoms with Gasteiger partial charge in [0.15, 0.2) is 5.82 Å². The van der Waals surface area contributed by atoms with Gasteiger partial charge >= 0.3 is 0 Å². The lowest BCUT2D eigenvalue weighted by atomic mass is 9.99. The zero-order valence-electron chi connectivity index (χ0n) is 30.1. The number of hydrogen-bond donors (Lipinski definition) is 0. The lowest BCUT2D eigenvalue weighted by Gasteiger charge is -2.11. The number of hydrogen-bond acceptors (Lipinski definition) is 5. The highest BCUT2D eigenvalue weighted by molar-refractivity contribution is 6.07. The fourth-order valence-electron chi connectivity index (χ4n) is 7.70. The van der Waals surface area contributed by atoms with Crippen molar-refractivity contribution >= 4 is 43.9 Å². The van der Waals surface area contributed by atoms with E-state index in [2.05, 4.69) is 145 Å². The summed E-state index contributed by atoms with van der Waals surface area (Å²) in [4.78, 5) is 14.6. The predicted octanol–water partition coefficient (Wildman–Crippen LogP) is 13.7. The van der Waals surface area contributed by atoms with Crippen LogP contribution in [0.5, 0.6) is 0 Å². The van der Waals surface area contributed by atoms with E-state index in [0.29, 0.717) is 5.82 Å². The third-order valence-electron chi connectivity index (χ3n) is 10.6. The summed E-state index contributed by atoms with van der Waals surface area (Å²) >= 11 is 0. The number of furan rings is 2. The van der Waals surface area contributed by atoms with E-state index >= 15 is 0 Å². The molecule has 11 aromatic rings. The molecule has 0 aliphatic rings. The molecule has 0 atom stereocenters. The zero-order valence-corrected chi connectivity index (χ0v) is 30.1. The zero-order chi connectivity index (χ0) is 37.0. The summed E-state index contributed by atoms with van der Waals surface area (Å²) in [6.45, 7) is 0. The largest absolute Gasteiger partial charge is 0.456 e. The van der Waals surface area contributed by atoms with Gasteiger partial charge in [0.1, 0.15) is 22.3 Å². The molecule has 0 radical (unpaired) electrons. The Bertz CT molecular complexity index is 3220. The first kappa shape index (κ1) is 31.9. The van der Waals surface area contributed by atoms with E-state index in [0.717, 1.165) is 105 Å². The highest BCUT2D eigenvalue weighted by Crippen LogP contribution is 2.36. The van der Waals surface area contributed by atoms with Gasteiger partial charge in [-0.3, -0.25) is 4.98 Å². The van der Waals surface area contributed by atoms with Gasteiger partial charge in [0.05, 0.1) is 11.4 Å². The summed E-state index contributed by atoms with van der Waals surface area (Å²) in [6, 6.07) is 60.8. The van der Waals surface area contributed by atoms with Crippen LogP contribution in [-0.2, 0) is 0 Å². The lowest BCUT2D eigenvalue weighted by molar-refractivity contribution is 0.668. The van der Waals surface area contributed by atoms with Crippen LogP contribution in [0, 0.1) is 0 Å². The van der Waals surface area contributed by atoms with Crippen molar-refractivity contribution in [2.75, 3.05) is 0 Å². The van der Waals surface area contributed by atoms with Crippen LogP contribution in [0.15, 0.2) is 197 Å². The topological polar surface area (TPSA) is 65.0 Å². The Kier molecular flexibility index (Phi) is 7.42. The fourth-order valence-corrected chi connectivity index (χ4v) is 7.70. The molecule has 0 saturated heterocycles. The second kappa shape index (κ2) is 13.0. The molecule has 0 spiro atoms. The van der Waals surface area contributed by atoms with Crippen molar-refractivity contribution in [1.29, 1.82) is 0 Å². The number of fused-ring (bicyclic) bond motifs is 6. The van der Waals surface area contributed by atoms with E-state index in [1.165, 1.54) is 0 Å². The molecule has 5 nitrogen and oxygen atoms in total. The average molecular weight is 718 g/mol. The molecule has 4 aromatic heterocycles. The standard InChI is InChI=1S/C51H31N3O2/c1-3-9-47-41(7-1)43-25-23-39(29-50(43)56-47)33-13-19-36(20-14-33)46-30-45(53-51(54-46)37-21-15-34(16-22-37)40-6-5-27-52-31-40)35-17-11-32(12-18-35)38-24-26-49-44(28-38)42-8-2-4-10-48(42)55-49/h1-31H. The minimum atomic E-state index is 0.663. The van der Waals surface area contributed by atoms with Crippen molar-refractivity contribution in [3.63, 3.8) is 0 Å². The Balaban J connectivity index is 0.962. The second-order valence-corrected chi connectivity index (χ2v) is 14.1. The van der Waals surface area contributed by atoms with Gasteiger partial charge in [-0.1, -0.05) is 127 Å². The lowest BCUT2D eigenvalue weighted by Crippen LogP contribution is -1.96. The van der Waals surface area contributed by atoms with Crippen LogP contribution in [0.3, 0.4) is 0 Å². The van der Waals surface area contributed by atoms with Crippen LogP contribution < -0.4 is 0 Å². The molecule has 0 aliphatic heterocycles. The van der Waals surface area contributed by atoms with Crippen LogP contribution >= 0.6 is 0 Å². The third-order valence-corrected chi connectivity index (χ3v) is 10.6. The van der Waals surface area contributed by atoms with Crippen molar-refractivity contribution in [3.05, 3.63) is 188 Å². The summed E-state index contributed by atoms with van der Waals surface area (Å²) in [6.07, 6.45) is 3.67. The summed E-state index contributed by atoms with van der Waals surface area (Å²) in [5.74, 6) is 0.663. The van der Waals surface area contributed by atoms with Crippen LogP contribution in [0.25, 0.3) is 111 Å². The molecule has 0 fully saturated rings. The quantitative estimate of drug-likeness (QED) is 0.171. The molecule has 7 aromatic carbocycles. The maximum absolute atomic E-state index is 6.19. The minimum Gasteiger partial charge on any atom is -0.456 e. The highest BCUT2D eigenvalue weighted by Gasteiger charge is 2.14. The number of benzene rings is 7. The van der Waals surface area contributed by atoms with E-state index in [1.807, 2.05) is 42.6 Å². The van der Waals surface area contributed by atoms with Crippen LogP contribution in [0.1, 0.15) is 0 Å². The minimum absolute atomic E-state index is 0.663. The number of nitrogens with zero attached hydrogens (tertiary/aromatic N) is 3. The van der Waals surface area contributed by atoms with Crippen molar-refractivity contribution in [2.45, 2.75) is 0 Å². The first-order valence-corrected chi connectivity index (χ1v) is 18.6. The summed E-state index contributed by atoms with van der Waals surface area (Å²) in [7, 11) is 0. The summed E-state index contributed by atoms with van der Waals surface area (Å²) < 4.78 is 12.3. The molecule has 4 heterocycles. The van der Waals surface area contributed by atoms with Crippen LogP contribution in [0.4, 0.5) is 0 Å². The molecule has 0 amide bonds. The van der Waals surface area contributed by atoms with Gasteiger partial charge in [-0.05, 0) is 81.9 Å². The van der Waals surface area contributed by atoms with Crippen LogP contribution in [0.2, 0.25) is 0 Å². The smallest absolute Gasteiger partial charge is 0.160 e. The maximum atomic E-state index is 6.19.